The third kappa shape index (κ3) is 4.85. The Labute approximate surface area is 87.5 Å². The molecule has 0 spiro atoms. The molecular weight excluding hydrogens is 196 g/mol. The van der Waals surface area contributed by atoms with Gasteiger partial charge in [-0.3, -0.25) is 9.59 Å². The molecule has 0 aliphatic rings. The number of hydrogen-bond acceptors (Lipinski definition) is 2. The van der Waals surface area contributed by atoms with E-state index < -0.39 is 5.97 Å². The Morgan fingerprint density at radius 2 is 2.20 bits per heavy atom. The highest BCUT2D eigenvalue weighted by molar-refractivity contribution is 5.80. The van der Waals surface area contributed by atoms with Crippen molar-refractivity contribution in [3.8, 4) is 0 Å². The van der Waals surface area contributed by atoms with E-state index in [1.54, 1.807) is 0 Å². The van der Waals surface area contributed by atoms with Crippen molar-refractivity contribution in [1.82, 2.24) is 10.3 Å². The van der Waals surface area contributed by atoms with Gasteiger partial charge in [0.05, 0.1) is 6.42 Å². The third-order valence-corrected chi connectivity index (χ3v) is 1.94. The molecule has 0 saturated heterocycles. The lowest BCUT2D eigenvalue weighted by molar-refractivity contribution is -0.138. The SMILES string of the molecule is O=C(O)CCC(=O)NCCc1ccc[nH]1. The molecule has 1 heterocycles. The van der Waals surface area contributed by atoms with E-state index in [4.69, 9.17) is 5.11 Å². The summed E-state index contributed by atoms with van der Waals surface area (Å²) in [6.45, 7) is 0.527. The number of carboxylic acids is 1. The van der Waals surface area contributed by atoms with Gasteiger partial charge in [-0.2, -0.15) is 0 Å². The fraction of sp³-hybridized carbons (Fsp3) is 0.400. The first kappa shape index (κ1) is 11.3. The summed E-state index contributed by atoms with van der Waals surface area (Å²) in [5, 5.41) is 11.0. The zero-order valence-electron chi connectivity index (χ0n) is 8.32. The van der Waals surface area contributed by atoms with Crippen LogP contribution in [0.2, 0.25) is 0 Å². The summed E-state index contributed by atoms with van der Waals surface area (Å²) in [6.07, 6.45) is 2.47. The van der Waals surface area contributed by atoms with Crippen molar-refractivity contribution in [2.24, 2.45) is 0 Å². The van der Waals surface area contributed by atoms with E-state index >= 15 is 0 Å². The number of hydrogen-bond donors (Lipinski definition) is 3. The average Bonchev–Trinajstić information content (AvgIpc) is 2.67. The Balaban J connectivity index is 2.09. The first-order chi connectivity index (χ1) is 7.18. The molecule has 0 aromatic carbocycles. The molecule has 1 aromatic rings. The van der Waals surface area contributed by atoms with E-state index in [9.17, 15) is 9.59 Å². The van der Waals surface area contributed by atoms with Gasteiger partial charge in [0.2, 0.25) is 5.91 Å². The fourth-order valence-electron chi connectivity index (χ4n) is 1.17. The molecule has 1 aromatic heterocycles. The molecule has 5 nitrogen and oxygen atoms in total. The molecule has 0 aliphatic carbocycles. The molecular formula is C10H14N2O3. The van der Waals surface area contributed by atoms with Crippen molar-refractivity contribution in [2.75, 3.05) is 6.54 Å². The summed E-state index contributed by atoms with van der Waals surface area (Å²) in [6, 6.07) is 3.82. The van der Waals surface area contributed by atoms with Gasteiger partial charge in [0.15, 0.2) is 0 Å². The van der Waals surface area contributed by atoms with E-state index in [-0.39, 0.29) is 18.7 Å². The molecule has 0 saturated carbocycles. The van der Waals surface area contributed by atoms with E-state index in [0.29, 0.717) is 6.54 Å². The van der Waals surface area contributed by atoms with Crippen LogP contribution in [0.3, 0.4) is 0 Å². The molecule has 15 heavy (non-hydrogen) atoms. The Hall–Kier alpha value is -1.78. The maximum atomic E-state index is 11.1. The van der Waals surface area contributed by atoms with Crippen LogP contribution in [0.15, 0.2) is 18.3 Å². The van der Waals surface area contributed by atoms with Crippen LogP contribution in [0.5, 0.6) is 0 Å². The van der Waals surface area contributed by atoms with Crippen LogP contribution in [-0.4, -0.2) is 28.5 Å². The van der Waals surface area contributed by atoms with Crippen molar-refractivity contribution in [3.05, 3.63) is 24.0 Å². The lowest BCUT2D eigenvalue weighted by Gasteiger charge is -2.02. The maximum Gasteiger partial charge on any atom is 0.303 e. The van der Waals surface area contributed by atoms with Crippen molar-refractivity contribution in [3.63, 3.8) is 0 Å². The van der Waals surface area contributed by atoms with Crippen LogP contribution in [0, 0.1) is 0 Å². The van der Waals surface area contributed by atoms with E-state index in [1.807, 2.05) is 18.3 Å². The monoisotopic (exact) mass is 210 g/mol. The highest BCUT2D eigenvalue weighted by Crippen LogP contribution is 1.94. The van der Waals surface area contributed by atoms with Gasteiger partial charge in [0, 0.05) is 31.3 Å². The van der Waals surface area contributed by atoms with Crippen molar-refractivity contribution < 1.29 is 14.7 Å². The topological polar surface area (TPSA) is 82.2 Å². The highest BCUT2D eigenvalue weighted by Gasteiger charge is 2.04. The van der Waals surface area contributed by atoms with Gasteiger partial charge in [-0.25, -0.2) is 0 Å². The number of aromatic amines is 1. The number of rotatable bonds is 6. The van der Waals surface area contributed by atoms with Gasteiger partial charge < -0.3 is 15.4 Å². The molecule has 82 valence electrons. The maximum absolute atomic E-state index is 11.1. The number of carbonyl (C=O) groups excluding carboxylic acids is 1. The number of H-pyrrole nitrogens is 1. The molecule has 3 N–H and O–H groups in total. The quantitative estimate of drug-likeness (QED) is 0.640. The van der Waals surface area contributed by atoms with Crippen molar-refractivity contribution in [1.29, 1.82) is 0 Å². The van der Waals surface area contributed by atoms with Crippen LogP contribution in [-0.2, 0) is 16.0 Å². The molecule has 5 heteroatoms. The number of aliphatic carboxylic acids is 1. The van der Waals surface area contributed by atoms with Gasteiger partial charge in [0.1, 0.15) is 0 Å². The minimum absolute atomic E-state index is 0.0417. The summed E-state index contributed by atoms with van der Waals surface area (Å²) in [4.78, 5) is 24.3. The van der Waals surface area contributed by atoms with E-state index in [1.165, 1.54) is 0 Å². The summed E-state index contributed by atoms with van der Waals surface area (Å²) in [5.41, 5.74) is 1.05. The zero-order chi connectivity index (χ0) is 11.1. The van der Waals surface area contributed by atoms with Gasteiger partial charge in [-0.15, -0.1) is 0 Å². The lowest BCUT2D eigenvalue weighted by Crippen LogP contribution is -2.26. The number of carbonyl (C=O) groups is 2. The van der Waals surface area contributed by atoms with E-state index in [0.717, 1.165) is 12.1 Å². The van der Waals surface area contributed by atoms with Crippen LogP contribution < -0.4 is 5.32 Å². The normalized spacial score (nSPS) is 9.87. The Bertz CT molecular complexity index is 319. The Morgan fingerprint density at radius 1 is 1.40 bits per heavy atom. The average molecular weight is 210 g/mol. The third-order valence-electron chi connectivity index (χ3n) is 1.94. The first-order valence-corrected chi connectivity index (χ1v) is 4.79. The van der Waals surface area contributed by atoms with Gasteiger partial charge in [-0.1, -0.05) is 0 Å². The predicted octanol–water partition coefficient (Wildman–Crippen LogP) is 0.538. The van der Waals surface area contributed by atoms with Gasteiger partial charge in [0.25, 0.3) is 0 Å². The summed E-state index contributed by atoms with van der Waals surface area (Å²) in [7, 11) is 0. The fourth-order valence-corrected chi connectivity index (χ4v) is 1.17. The highest BCUT2D eigenvalue weighted by atomic mass is 16.4. The standard InChI is InChI=1S/C10H14N2O3/c13-9(3-4-10(14)15)12-7-5-8-2-1-6-11-8/h1-2,6,11H,3-5,7H2,(H,12,13)(H,14,15). The van der Waals surface area contributed by atoms with Crippen molar-refractivity contribution in [2.45, 2.75) is 19.3 Å². The van der Waals surface area contributed by atoms with Gasteiger partial charge in [-0.05, 0) is 12.1 Å². The number of nitrogens with one attached hydrogen (secondary N) is 2. The molecule has 1 rings (SSSR count). The molecule has 1 amide bonds. The number of aromatic nitrogens is 1. The smallest absolute Gasteiger partial charge is 0.303 e. The molecule has 0 radical (unpaired) electrons. The second-order valence-corrected chi connectivity index (χ2v) is 3.19. The molecule has 0 bridgehead atoms. The second-order valence-electron chi connectivity index (χ2n) is 3.19. The summed E-state index contributed by atoms with van der Waals surface area (Å²) < 4.78 is 0. The minimum atomic E-state index is -0.950. The largest absolute Gasteiger partial charge is 0.481 e. The van der Waals surface area contributed by atoms with E-state index in [2.05, 4.69) is 10.3 Å². The Morgan fingerprint density at radius 3 is 2.80 bits per heavy atom. The Kier molecular flexibility index (Phi) is 4.40. The minimum Gasteiger partial charge on any atom is -0.481 e. The summed E-state index contributed by atoms with van der Waals surface area (Å²) >= 11 is 0. The molecule has 0 atom stereocenters. The lowest BCUT2D eigenvalue weighted by atomic mass is 10.3. The molecule has 0 unspecified atom stereocenters. The predicted molar refractivity (Wildman–Crippen MR) is 54.4 cm³/mol. The van der Waals surface area contributed by atoms with Crippen LogP contribution in [0.25, 0.3) is 0 Å². The van der Waals surface area contributed by atoms with Crippen LogP contribution >= 0.6 is 0 Å². The van der Waals surface area contributed by atoms with Crippen LogP contribution in [0.1, 0.15) is 18.5 Å². The summed E-state index contributed by atoms with van der Waals surface area (Å²) in [5.74, 6) is -1.17. The van der Waals surface area contributed by atoms with Crippen LogP contribution in [0.4, 0.5) is 0 Å². The van der Waals surface area contributed by atoms with Crippen molar-refractivity contribution >= 4 is 11.9 Å². The number of carboxylic acid groups (broad SMARTS) is 1. The number of amides is 1. The molecule has 0 aliphatic heterocycles. The first-order valence-electron chi connectivity index (χ1n) is 4.79. The molecule has 0 fully saturated rings. The van der Waals surface area contributed by atoms with Gasteiger partial charge >= 0.3 is 5.97 Å². The zero-order valence-corrected chi connectivity index (χ0v) is 8.32. The second kappa shape index (κ2) is 5.85.